The van der Waals surface area contributed by atoms with E-state index in [-0.39, 0.29) is 30.1 Å². The van der Waals surface area contributed by atoms with Crippen LogP contribution in [0.5, 0.6) is 0 Å². The molecule has 0 bridgehead atoms. The molecule has 11 nitrogen and oxygen atoms in total. The number of carbonyl (C=O) groups is 3. The molecule has 4 heterocycles. The number of aromatic amines is 1. The number of hydrogen-bond donors (Lipinski definition) is 1. The summed E-state index contributed by atoms with van der Waals surface area (Å²) in [5, 5.41) is 1.82. The maximum absolute atomic E-state index is 12.9. The van der Waals surface area contributed by atoms with Crippen molar-refractivity contribution in [3.63, 3.8) is 0 Å². The molecule has 1 aliphatic heterocycles. The third-order valence-electron chi connectivity index (χ3n) is 5.34. The summed E-state index contributed by atoms with van der Waals surface area (Å²) in [6.45, 7) is 4.19. The minimum Gasteiger partial charge on any atom is -0.321 e. The zero-order valence-electron chi connectivity index (χ0n) is 17.7. The van der Waals surface area contributed by atoms with E-state index in [9.17, 15) is 24.0 Å². The monoisotopic (exact) mass is 458 g/mol. The van der Waals surface area contributed by atoms with Gasteiger partial charge >= 0.3 is 23.5 Å². The molecular weight excluding hydrogens is 436 g/mol. The molecule has 4 amide bonds. The number of imide groups is 2. The lowest BCUT2D eigenvalue weighted by Gasteiger charge is -2.15. The average Bonchev–Trinajstić information content (AvgIpc) is 3.45. The standard InChI is InChI=1S/C20H22N6O5S/c1-3-5-8-24-15-14(16(27)22-19(24)30)23(4-2)13(21-15)11-26-18(29)17(28)25(20(26)31)10-12-7-6-9-32-12/h6-7,9H,3-5,8,10-11H2,1-2H3,(H,22,27,30). The number of carbonyl (C=O) groups excluding carboxylic acids is 3. The van der Waals surface area contributed by atoms with Crippen LogP contribution in [0, 0.1) is 0 Å². The molecule has 12 heteroatoms. The van der Waals surface area contributed by atoms with Crippen LogP contribution in [0.4, 0.5) is 4.79 Å². The fourth-order valence-electron chi connectivity index (χ4n) is 3.73. The number of aryl methyl sites for hydroxylation is 2. The van der Waals surface area contributed by atoms with E-state index >= 15 is 0 Å². The van der Waals surface area contributed by atoms with E-state index in [2.05, 4.69) is 9.97 Å². The maximum atomic E-state index is 12.9. The molecule has 4 rings (SSSR count). The number of unbranched alkanes of at least 4 members (excludes halogenated alkanes) is 1. The van der Waals surface area contributed by atoms with Crippen LogP contribution in [0.1, 0.15) is 37.4 Å². The predicted molar refractivity (Wildman–Crippen MR) is 116 cm³/mol. The molecule has 0 radical (unpaired) electrons. The Balaban J connectivity index is 1.72. The van der Waals surface area contributed by atoms with E-state index in [1.807, 2.05) is 12.3 Å². The molecule has 1 aliphatic rings. The molecule has 0 saturated carbocycles. The van der Waals surface area contributed by atoms with Crippen LogP contribution >= 0.6 is 11.3 Å². The summed E-state index contributed by atoms with van der Waals surface area (Å²) in [6.07, 6.45) is 1.55. The molecular formula is C20H22N6O5S. The Morgan fingerprint density at radius 1 is 1.00 bits per heavy atom. The number of imidazole rings is 1. The summed E-state index contributed by atoms with van der Waals surface area (Å²) in [4.78, 5) is 72.0. The topological polar surface area (TPSA) is 130 Å². The first-order valence-corrected chi connectivity index (χ1v) is 11.2. The van der Waals surface area contributed by atoms with Crippen LogP contribution in [-0.2, 0) is 35.8 Å². The first kappa shape index (κ1) is 21.7. The third-order valence-corrected chi connectivity index (χ3v) is 6.21. The fraction of sp³-hybridized carbons (Fsp3) is 0.400. The molecule has 3 aromatic rings. The molecule has 3 aromatic heterocycles. The minimum absolute atomic E-state index is 0.0119. The third kappa shape index (κ3) is 3.55. The summed E-state index contributed by atoms with van der Waals surface area (Å²) in [5.41, 5.74) is -0.759. The van der Waals surface area contributed by atoms with Crippen molar-refractivity contribution in [1.82, 2.24) is 28.9 Å². The summed E-state index contributed by atoms with van der Waals surface area (Å²) in [5.74, 6) is -1.60. The van der Waals surface area contributed by atoms with E-state index in [1.165, 1.54) is 15.9 Å². The Morgan fingerprint density at radius 3 is 2.34 bits per heavy atom. The van der Waals surface area contributed by atoms with Crippen molar-refractivity contribution in [2.75, 3.05) is 0 Å². The lowest BCUT2D eigenvalue weighted by Crippen LogP contribution is -2.33. The van der Waals surface area contributed by atoms with Gasteiger partial charge in [-0.05, 0) is 24.8 Å². The average molecular weight is 459 g/mol. The van der Waals surface area contributed by atoms with Crippen molar-refractivity contribution in [1.29, 1.82) is 0 Å². The van der Waals surface area contributed by atoms with Crippen molar-refractivity contribution in [2.45, 2.75) is 52.9 Å². The summed E-state index contributed by atoms with van der Waals surface area (Å²) < 4.78 is 2.95. The van der Waals surface area contributed by atoms with Crippen molar-refractivity contribution in [2.24, 2.45) is 0 Å². The Kier molecular flexibility index (Phi) is 5.78. The molecule has 0 spiro atoms. The predicted octanol–water partition coefficient (Wildman–Crippen LogP) is 1.26. The van der Waals surface area contributed by atoms with E-state index in [4.69, 9.17) is 0 Å². The first-order valence-electron chi connectivity index (χ1n) is 10.3. The highest BCUT2D eigenvalue weighted by Gasteiger charge is 2.45. The molecule has 0 atom stereocenters. The van der Waals surface area contributed by atoms with Crippen molar-refractivity contribution in [3.05, 3.63) is 49.1 Å². The van der Waals surface area contributed by atoms with Gasteiger partial charge in [0.25, 0.3) is 5.56 Å². The van der Waals surface area contributed by atoms with Gasteiger partial charge in [0.15, 0.2) is 11.2 Å². The zero-order valence-corrected chi connectivity index (χ0v) is 18.5. The van der Waals surface area contributed by atoms with Gasteiger partial charge in [0.05, 0.1) is 13.1 Å². The van der Waals surface area contributed by atoms with Gasteiger partial charge in [-0.25, -0.2) is 19.5 Å². The number of urea groups is 1. The molecule has 1 N–H and O–H groups in total. The van der Waals surface area contributed by atoms with Gasteiger partial charge in [-0.3, -0.25) is 28.8 Å². The van der Waals surface area contributed by atoms with Crippen LogP contribution < -0.4 is 11.2 Å². The van der Waals surface area contributed by atoms with E-state index in [1.54, 1.807) is 23.6 Å². The quantitative estimate of drug-likeness (QED) is 0.399. The van der Waals surface area contributed by atoms with Crippen LogP contribution in [0.2, 0.25) is 0 Å². The normalized spacial score (nSPS) is 14.4. The van der Waals surface area contributed by atoms with Gasteiger partial charge in [0, 0.05) is 18.0 Å². The number of thiophene rings is 1. The Bertz CT molecular complexity index is 1320. The van der Waals surface area contributed by atoms with Crippen molar-refractivity contribution >= 4 is 40.3 Å². The number of fused-ring (bicyclic) bond motifs is 1. The van der Waals surface area contributed by atoms with Crippen molar-refractivity contribution in [3.8, 4) is 0 Å². The fourth-order valence-corrected chi connectivity index (χ4v) is 4.42. The van der Waals surface area contributed by atoms with Gasteiger partial charge < -0.3 is 4.57 Å². The molecule has 1 fully saturated rings. The van der Waals surface area contributed by atoms with Gasteiger partial charge in [0.1, 0.15) is 5.82 Å². The van der Waals surface area contributed by atoms with Crippen LogP contribution in [0.15, 0.2) is 27.1 Å². The second-order valence-corrected chi connectivity index (χ2v) is 8.39. The first-order chi connectivity index (χ1) is 15.4. The Morgan fingerprint density at radius 2 is 1.72 bits per heavy atom. The van der Waals surface area contributed by atoms with E-state index < -0.39 is 29.1 Å². The number of amides is 4. The SMILES string of the molecule is CCCCn1c(=O)[nH]c(=O)c2c1nc(CN1C(=O)C(=O)N(Cc3cccs3)C1=O)n2CC. The smallest absolute Gasteiger partial charge is 0.321 e. The molecule has 1 saturated heterocycles. The highest BCUT2D eigenvalue weighted by atomic mass is 32.1. The lowest BCUT2D eigenvalue weighted by molar-refractivity contribution is -0.143. The molecule has 0 unspecified atom stereocenters. The van der Waals surface area contributed by atoms with Gasteiger partial charge in [-0.15, -0.1) is 11.3 Å². The largest absolute Gasteiger partial charge is 0.334 e. The molecule has 32 heavy (non-hydrogen) atoms. The van der Waals surface area contributed by atoms with Crippen molar-refractivity contribution < 1.29 is 14.4 Å². The minimum atomic E-state index is -0.946. The number of nitrogens with zero attached hydrogens (tertiary/aromatic N) is 5. The number of hydrogen-bond acceptors (Lipinski definition) is 7. The number of aromatic nitrogens is 4. The number of H-pyrrole nitrogens is 1. The van der Waals surface area contributed by atoms with Gasteiger partial charge in [0.2, 0.25) is 0 Å². The van der Waals surface area contributed by atoms with Crippen LogP contribution in [-0.4, -0.2) is 46.7 Å². The highest BCUT2D eigenvalue weighted by molar-refractivity contribution is 7.09. The van der Waals surface area contributed by atoms with Gasteiger partial charge in [-0.1, -0.05) is 19.4 Å². The molecule has 0 aliphatic carbocycles. The lowest BCUT2D eigenvalue weighted by atomic mass is 10.3. The van der Waals surface area contributed by atoms with E-state index in [0.717, 1.165) is 21.1 Å². The van der Waals surface area contributed by atoms with Crippen LogP contribution in [0.3, 0.4) is 0 Å². The Hall–Kier alpha value is -3.54. The second-order valence-electron chi connectivity index (χ2n) is 7.35. The van der Waals surface area contributed by atoms with Crippen LogP contribution in [0.25, 0.3) is 11.2 Å². The number of rotatable bonds is 8. The summed E-state index contributed by atoms with van der Waals surface area (Å²) in [6, 6.07) is 2.83. The number of nitrogens with one attached hydrogen (secondary N) is 1. The molecule has 168 valence electrons. The summed E-state index contributed by atoms with van der Waals surface area (Å²) in [7, 11) is 0. The summed E-state index contributed by atoms with van der Waals surface area (Å²) >= 11 is 1.38. The second kappa shape index (κ2) is 8.54. The zero-order chi connectivity index (χ0) is 23.0. The Labute approximate surface area is 185 Å². The highest BCUT2D eigenvalue weighted by Crippen LogP contribution is 2.21. The van der Waals surface area contributed by atoms with Gasteiger partial charge in [-0.2, -0.15) is 0 Å². The van der Waals surface area contributed by atoms with E-state index in [0.29, 0.717) is 19.5 Å². The maximum Gasteiger partial charge on any atom is 0.334 e. The molecule has 0 aromatic carbocycles.